The summed E-state index contributed by atoms with van der Waals surface area (Å²) in [6, 6.07) is 0. The second kappa shape index (κ2) is 7.23. The molecule has 0 aromatic heterocycles. The van der Waals surface area contributed by atoms with Crippen LogP contribution in [-0.2, 0) is 4.79 Å². The maximum Gasteiger partial charge on any atom is 0.243 e. The van der Waals surface area contributed by atoms with E-state index in [1.54, 1.807) is 6.08 Å². The van der Waals surface area contributed by atoms with Gasteiger partial charge in [0.25, 0.3) is 0 Å². The summed E-state index contributed by atoms with van der Waals surface area (Å²) in [5, 5.41) is 12.5. The molecule has 1 amide bonds. The predicted octanol–water partition coefficient (Wildman–Crippen LogP) is 1.79. The number of carbonyl (C=O) groups is 1. The Morgan fingerprint density at radius 1 is 1.38 bits per heavy atom. The Morgan fingerprint density at radius 2 is 2.12 bits per heavy atom. The molecule has 90 valence electrons. The van der Waals surface area contributed by atoms with E-state index >= 15 is 0 Å². The van der Waals surface area contributed by atoms with Crippen LogP contribution in [0.15, 0.2) is 24.3 Å². The van der Waals surface area contributed by atoms with Gasteiger partial charge in [-0.05, 0) is 19.8 Å². The van der Waals surface area contributed by atoms with Gasteiger partial charge in [0.2, 0.25) is 5.91 Å². The van der Waals surface area contributed by atoms with Gasteiger partial charge in [-0.3, -0.25) is 4.79 Å². The summed E-state index contributed by atoms with van der Waals surface area (Å²) in [7, 11) is 0. The maximum atomic E-state index is 11.4. The summed E-state index contributed by atoms with van der Waals surface area (Å²) < 4.78 is 0. The Kier molecular flexibility index (Phi) is 5.86. The summed E-state index contributed by atoms with van der Waals surface area (Å²) in [6.45, 7) is 2.49. The highest BCUT2D eigenvalue weighted by molar-refractivity contribution is 5.87. The molecule has 0 saturated heterocycles. The van der Waals surface area contributed by atoms with Crippen LogP contribution in [0.3, 0.4) is 0 Å². The van der Waals surface area contributed by atoms with E-state index in [0.29, 0.717) is 6.54 Å². The Balaban J connectivity index is 2.25. The number of aliphatic hydroxyl groups is 1. The standard InChI is InChI=1S/C13H21NO2/c1-2-3-4-9-13(16)14-10-11-7-5-6-8-12(11)15/h2-4,9,11-12,15H,5-8,10H2,1H3,(H,14,16). The van der Waals surface area contributed by atoms with E-state index in [4.69, 9.17) is 0 Å². The molecule has 1 aliphatic rings. The van der Waals surface area contributed by atoms with Crippen LogP contribution in [0.5, 0.6) is 0 Å². The first-order valence-corrected chi connectivity index (χ1v) is 5.99. The Bertz CT molecular complexity index is 271. The predicted molar refractivity (Wildman–Crippen MR) is 64.9 cm³/mol. The molecule has 0 aliphatic heterocycles. The lowest BCUT2D eigenvalue weighted by atomic mass is 9.86. The first kappa shape index (κ1) is 13.0. The molecule has 0 spiro atoms. The topological polar surface area (TPSA) is 49.3 Å². The van der Waals surface area contributed by atoms with Crippen LogP contribution in [0, 0.1) is 5.92 Å². The van der Waals surface area contributed by atoms with Gasteiger partial charge in [-0.2, -0.15) is 0 Å². The number of hydrogen-bond acceptors (Lipinski definition) is 2. The largest absolute Gasteiger partial charge is 0.393 e. The third-order valence-electron chi connectivity index (χ3n) is 2.96. The minimum absolute atomic E-state index is 0.0872. The maximum absolute atomic E-state index is 11.4. The summed E-state index contributed by atoms with van der Waals surface area (Å²) in [5.74, 6) is 0.142. The fourth-order valence-corrected chi connectivity index (χ4v) is 1.97. The fourth-order valence-electron chi connectivity index (χ4n) is 1.97. The van der Waals surface area contributed by atoms with Crippen molar-refractivity contribution in [3.8, 4) is 0 Å². The van der Waals surface area contributed by atoms with E-state index < -0.39 is 0 Å². The van der Waals surface area contributed by atoms with Crippen molar-refractivity contribution >= 4 is 5.91 Å². The van der Waals surface area contributed by atoms with Gasteiger partial charge in [0.15, 0.2) is 0 Å². The van der Waals surface area contributed by atoms with E-state index in [0.717, 1.165) is 25.7 Å². The number of aliphatic hydroxyl groups excluding tert-OH is 1. The monoisotopic (exact) mass is 223 g/mol. The molecule has 0 bridgehead atoms. The highest BCUT2D eigenvalue weighted by atomic mass is 16.3. The van der Waals surface area contributed by atoms with E-state index in [-0.39, 0.29) is 17.9 Å². The van der Waals surface area contributed by atoms with Gasteiger partial charge in [-0.15, -0.1) is 0 Å². The lowest BCUT2D eigenvalue weighted by Gasteiger charge is -2.27. The molecule has 3 nitrogen and oxygen atoms in total. The van der Waals surface area contributed by atoms with Crippen molar-refractivity contribution < 1.29 is 9.90 Å². The van der Waals surface area contributed by atoms with E-state index in [1.807, 2.05) is 19.1 Å². The molecule has 0 heterocycles. The molecule has 0 aromatic rings. The third-order valence-corrected chi connectivity index (χ3v) is 2.96. The van der Waals surface area contributed by atoms with Crippen LogP contribution >= 0.6 is 0 Å². The first-order valence-electron chi connectivity index (χ1n) is 5.99. The van der Waals surface area contributed by atoms with Gasteiger partial charge >= 0.3 is 0 Å². The molecule has 2 N–H and O–H groups in total. The third kappa shape index (κ3) is 4.62. The van der Waals surface area contributed by atoms with Gasteiger partial charge in [0, 0.05) is 18.5 Å². The van der Waals surface area contributed by atoms with Crippen molar-refractivity contribution in [2.24, 2.45) is 5.92 Å². The van der Waals surface area contributed by atoms with Crippen LogP contribution in [0.2, 0.25) is 0 Å². The molecule has 1 fully saturated rings. The van der Waals surface area contributed by atoms with Crippen LogP contribution in [0.4, 0.5) is 0 Å². The molecule has 2 atom stereocenters. The van der Waals surface area contributed by atoms with Crippen molar-refractivity contribution in [2.45, 2.75) is 38.7 Å². The van der Waals surface area contributed by atoms with Gasteiger partial charge in [0.1, 0.15) is 0 Å². The molecule has 1 rings (SSSR count). The number of allylic oxidation sites excluding steroid dienone is 3. The Labute approximate surface area is 97.2 Å². The first-order chi connectivity index (χ1) is 7.74. The van der Waals surface area contributed by atoms with Crippen LogP contribution in [0.25, 0.3) is 0 Å². The molecular weight excluding hydrogens is 202 g/mol. The average Bonchev–Trinajstić information content (AvgIpc) is 2.28. The molecule has 0 aromatic carbocycles. The molecular formula is C13H21NO2. The smallest absolute Gasteiger partial charge is 0.243 e. The average molecular weight is 223 g/mol. The van der Waals surface area contributed by atoms with E-state index in [9.17, 15) is 9.90 Å². The zero-order valence-electron chi connectivity index (χ0n) is 9.86. The quantitative estimate of drug-likeness (QED) is 0.564. The summed E-state index contributed by atoms with van der Waals surface area (Å²) in [5.41, 5.74) is 0. The van der Waals surface area contributed by atoms with Gasteiger partial charge in [-0.1, -0.05) is 31.1 Å². The second-order valence-corrected chi connectivity index (χ2v) is 4.24. The number of amides is 1. The van der Waals surface area contributed by atoms with Crippen molar-refractivity contribution in [3.63, 3.8) is 0 Å². The summed E-state index contributed by atoms with van der Waals surface area (Å²) in [4.78, 5) is 11.4. The van der Waals surface area contributed by atoms with Gasteiger partial charge < -0.3 is 10.4 Å². The SMILES string of the molecule is CC=CC=CC(=O)NCC1CCCCC1O. The second-order valence-electron chi connectivity index (χ2n) is 4.24. The minimum atomic E-state index is -0.242. The van der Waals surface area contributed by atoms with Crippen molar-refractivity contribution in [1.82, 2.24) is 5.32 Å². The number of nitrogens with one attached hydrogen (secondary N) is 1. The van der Waals surface area contributed by atoms with Gasteiger partial charge in [0.05, 0.1) is 6.10 Å². The number of hydrogen-bond donors (Lipinski definition) is 2. The molecule has 1 aliphatic carbocycles. The molecule has 3 heteroatoms. The molecule has 1 saturated carbocycles. The van der Waals surface area contributed by atoms with Crippen LogP contribution in [-0.4, -0.2) is 23.7 Å². The normalized spacial score (nSPS) is 26.4. The molecule has 16 heavy (non-hydrogen) atoms. The lowest BCUT2D eigenvalue weighted by molar-refractivity contribution is -0.116. The fraction of sp³-hybridized carbons (Fsp3) is 0.615. The van der Waals surface area contributed by atoms with E-state index in [2.05, 4.69) is 5.32 Å². The zero-order valence-corrected chi connectivity index (χ0v) is 9.86. The Hall–Kier alpha value is -1.09. The van der Waals surface area contributed by atoms with Gasteiger partial charge in [-0.25, -0.2) is 0 Å². The summed E-state index contributed by atoms with van der Waals surface area (Å²) >= 11 is 0. The van der Waals surface area contributed by atoms with Crippen molar-refractivity contribution in [3.05, 3.63) is 24.3 Å². The zero-order chi connectivity index (χ0) is 11.8. The van der Waals surface area contributed by atoms with E-state index in [1.165, 1.54) is 6.08 Å². The minimum Gasteiger partial charge on any atom is -0.393 e. The number of rotatable bonds is 4. The number of carbonyl (C=O) groups excluding carboxylic acids is 1. The van der Waals surface area contributed by atoms with Crippen LogP contribution < -0.4 is 5.32 Å². The molecule has 0 radical (unpaired) electrons. The lowest BCUT2D eigenvalue weighted by Crippen LogP contribution is -2.36. The highest BCUT2D eigenvalue weighted by Gasteiger charge is 2.22. The highest BCUT2D eigenvalue weighted by Crippen LogP contribution is 2.23. The van der Waals surface area contributed by atoms with Crippen LogP contribution in [0.1, 0.15) is 32.6 Å². The molecule has 2 unspecified atom stereocenters. The van der Waals surface area contributed by atoms with Crippen molar-refractivity contribution in [1.29, 1.82) is 0 Å². The summed E-state index contributed by atoms with van der Waals surface area (Å²) in [6.07, 6.45) is 10.8. The van der Waals surface area contributed by atoms with Crippen molar-refractivity contribution in [2.75, 3.05) is 6.54 Å². The Morgan fingerprint density at radius 3 is 2.81 bits per heavy atom.